The molecule has 0 aliphatic rings. The fraction of sp³-hybridized carbons (Fsp3) is 0.333. The van der Waals surface area contributed by atoms with Gasteiger partial charge >= 0.3 is 5.97 Å². The van der Waals surface area contributed by atoms with E-state index in [1.807, 2.05) is 24.3 Å². The standard InChI is InChI=1S/C18H22N2O5S/c1-20(12-4-7-18(22)23)17(21)10-11-19-26(24,25)16-9-8-14-5-2-3-6-15(14)13-16/h2-3,5-6,8-9,13,19H,4,7,10-12H2,1H3,(H,22,23). The number of carbonyl (C=O) groups excluding carboxylic acids is 1. The van der Waals surface area contributed by atoms with Gasteiger partial charge in [-0.15, -0.1) is 0 Å². The van der Waals surface area contributed by atoms with Crippen molar-refractivity contribution in [3.63, 3.8) is 0 Å². The number of benzene rings is 2. The number of sulfonamides is 1. The Kier molecular flexibility index (Phi) is 6.70. The van der Waals surface area contributed by atoms with Crippen LogP contribution >= 0.6 is 0 Å². The first kappa shape index (κ1) is 19.9. The van der Waals surface area contributed by atoms with Gasteiger partial charge in [0.1, 0.15) is 0 Å². The number of hydrogen-bond donors (Lipinski definition) is 2. The number of hydrogen-bond acceptors (Lipinski definition) is 4. The summed E-state index contributed by atoms with van der Waals surface area (Å²) in [5, 5.41) is 10.4. The molecular weight excluding hydrogens is 356 g/mol. The van der Waals surface area contributed by atoms with Gasteiger partial charge in [-0.05, 0) is 29.3 Å². The summed E-state index contributed by atoms with van der Waals surface area (Å²) in [5.74, 6) is -1.15. The van der Waals surface area contributed by atoms with E-state index in [2.05, 4.69) is 4.72 Å². The summed E-state index contributed by atoms with van der Waals surface area (Å²) < 4.78 is 27.2. The molecule has 0 saturated carbocycles. The SMILES string of the molecule is CN(CCCC(=O)O)C(=O)CCNS(=O)(=O)c1ccc2ccccc2c1. The van der Waals surface area contributed by atoms with Gasteiger partial charge in [0.15, 0.2) is 0 Å². The molecule has 1 amide bonds. The molecule has 26 heavy (non-hydrogen) atoms. The molecule has 0 saturated heterocycles. The molecule has 0 bridgehead atoms. The summed E-state index contributed by atoms with van der Waals surface area (Å²) in [6.07, 6.45) is 0.364. The summed E-state index contributed by atoms with van der Waals surface area (Å²) in [6.45, 7) is 0.305. The van der Waals surface area contributed by atoms with E-state index in [0.29, 0.717) is 13.0 Å². The number of rotatable bonds is 9. The van der Waals surface area contributed by atoms with E-state index in [1.54, 1.807) is 19.2 Å². The quantitative estimate of drug-likeness (QED) is 0.693. The van der Waals surface area contributed by atoms with Crippen LogP contribution in [0.15, 0.2) is 47.4 Å². The van der Waals surface area contributed by atoms with Gasteiger partial charge in [-0.3, -0.25) is 9.59 Å². The number of amides is 1. The zero-order valence-corrected chi connectivity index (χ0v) is 15.3. The lowest BCUT2D eigenvalue weighted by Crippen LogP contribution is -2.32. The van der Waals surface area contributed by atoms with E-state index in [4.69, 9.17) is 5.11 Å². The monoisotopic (exact) mass is 378 g/mol. The zero-order valence-electron chi connectivity index (χ0n) is 14.5. The Morgan fingerprint density at radius 2 is 1.77 bits per heavy atom. The van der Waals surface area contributed by atoms with Gasteiger partial charge in [0, 0.05) is 33.0 Å². The smallest absolute Gasteiger partial charge is 0.303 e. The van der Waals surface area contributed by atoms with Crippen LogP contribution in [-0.2, 0) is 19.6 Å². The maximum Gasteiger partial charge on any atom is 0.303 e. The predicted molar refractivity (Wildman–Crippen MR) is 98.3 cm³/mol. The van der Waals surface area contributed by atoms with Gasteiger partial charge in [-0.2, -0.15) is 0 Å². The third-order valence-electron chi connectivity index (χ3n) is 3.97. The van der Waals surface area contributed by atoms with Crippen LogP contribution in [-0.4, -0.2) is 50.4 Å². The average Bonchev–Trinajstić information content (AvgIpc) is 2.60. The molecule has 7 nitrogen and oxygen atoms in total. The van der Waals surface area contributed by atoms with Crippen molar-refractivity contribution < 1.29 is 23.1 Å². The fourth-order valence-electron chi connectivity index (χ4n) is 2.49. The van der Waals surface area contributed by atoms with Gasteiger partial charge < -0.3 is 10.0 Å². The summed E-state index contributed by atoms with van der Waals surface area (Å²) in [6, 6.07) is 12.3. The van der Waals surface area contributed by atoms with Crippen LogP contribution < -0.4 is 4.72 Å². The largest absolute Gasteiger partial charge is 0.481 e. The molecule has 8 heteroatoms. The maximum absolute atomic E-state index is 12.4. The lowest BCUT2D eigenvalue weighted by Gasteiger charge is -2.16. The molecule has 2 N–H and O–H groups in total. The Morgan fingerprint density at radius 3 is 2.46 bits per heavy atom. The molecule has 0 aromatic heterocycles. The van der Waals surface area contributed by atoms with Crippen LogP contribution in [0.3, 0.4) is 0 Å². The number of nitrogens with zero attached hydrogens (tertiary/aromatic N) is 1. The third-order valence-corrected chi connectivity index (χ3v) is 5.43. The number of carboxylic acids is 1. The Morgan fingerprint density at radius 1 is 1.08 bits per heavy atom. The number of carboxylic acid groups (broad SMARTS) is 1. The minimum atomic E-state index is -3.70. The topological polar surface area (TPSA) is 104 Å². The van der Waals surface area contributed by atoms with Crippen LogP contribution in [0.2, 0.25) is 0 Å². The molecule has 0 spiro atoms. The van der Waals surface area contributed by atoms with Gasteiger partial charge in [0.2, 0.25) is 15.9 Å². The van der Waals surface area contributed by atoms with Crippen molar-refractivity contribution in [1.29, 1.82) is 0 Å². The molecule has 2 rings (SSSR count). The number of nitrogens with one attached hydrogen (secondary N) is 1. The minimum Gasteiger partial charge on any atom is -0.481 e. The van der Waals surface area contributed by atoms with Crippen LogP contribution in [0, 0.1) is 0 Å². The van der Waals surface area contributed by atoms with Crippen molar-refractivity contribution in [2.75, 3.05) is 20.1 Å². The first-order valence-electron chi connectivity index (χ1n) is 8.24. The van der Waals surface area contributed by atoms with Gasteiger partial charge in [-0.25, -0.2) is 13.1 Å². The lowest BCUT2D eigenvalue weighted by atomic mass is 10.1. The Bertz CT molecular complexity index is 895. The van der Waals surface area contributed by atoms with E-state index in [-0.39, 0.29) is 30.2 Å². The van der Waals surface area contributed by atoms with E-state index in [9.17, 15) is 18.0 Å². The van der Waals surface area contributed by atoms with Crippen molar-refractivity contribution in [3.05, 3.63) is 42.5 Å². The normalized spacial score (nSPS) is 11.4. The minimum absolute atomic E-state index is 0.00773. The Balaban J connectivity index is 1.88. The zero-order chi connectivity index (χ0) is 19.2. The van der Waals surface area contributed by atoms with Crippen LogP contribution in [0.1, 0.15) is 19.3 Å². The molecule has 0 heterocycles. The maximum atomic E-state index is 12.4. The van der Waals surface area contributed by atoms with Gasteiger partial charge in [0.05, 0.1) is 4.90 Å². The third kappa shape index (κ3) is 5.53. The summed E-state index contributed by atoms with van der Waals surface area (Å²) >= 11 is 0. The van der Waals surface area contributed by atoms with Crippen molar-refractivity contribution >= 4 is 32.7 Å². The van der Waals surface area contributed by atoms with Crippen LogP contribution in [0.5, 0.6) is 0 Å². The highest BCUT2D eigenvalue weighted by Crippen LogP contribution is 2.18. The predicted octanol–water partition coefficient (Wildman–Crippen LogP) is 1.83. The van der Waals surface area contributed by atoms with Gasteiger partial charge in [0.25, 0.3) is 0 Å². The van der Waals surface area contributed by atoms with E-state index in [0.717, 1.165) is 10.8 Å². The second-order valence-electron chi connectivity index (χ2n) is 5.97. The molecule has 0 aliphatic heterocycles. The molecule has 2 aromatic rings. The highest BCUT2D eigenvalue weighted by atomic mass is 32.2. The van der Waals surface area contributed by atoms with Crippen LogP contribution in [0.4, 0.5) is 0 Å². The molecular formula is C18H22N2O5S. The molecule has 0 unspecified atom stereocenters. The first-order chi connectivity index (χ1) is 12.3. The summed E-state index contributed by atoms with van der Waals surface area (Å²) in [4.78, 5) is 24.0. The van der Waals surface area contributed by atoms with Crippen molar-refractivity contribution in [2.45, 2.75) is 24.2 Å². The average molecular weight is 378 g/mol. The van der Waals surface area contributed by atoms with E-state index >= 15 is 0 Å². The van der Waals surface area contributed by atoms with Gasteiger partial charge in [-0.1, -0.05) is 30.3 Å². The summed E-state index contributed by atoms with van der Waals surface area (Å²) in [5.41, 5.74) is 0. The lowest BCUT2D eigenvalue weighted by molar-refractivity contribution is -0.138. The second kappa shape index (κ2) is 8.77. The van der Waals surface area contributed by atoms with Crippen molar-refractivity contribution in [3.8, 4) is 0 Å². The van der Waals surface area contributed by atoms with Crippen molar-refractivity contribution in [1.82, 2.24) is 9.62 Å². The van der Waals surface area contributed by atoms with E-state index < -0.39 is 16.0 Å². The number of fused-ring (bicyclic) bond motifs is 1. The molecule has 140 valence electrons. The molecule has 0 radical (unpaired) electrons. The molecule has 2 aromatic carbocycles. The first-order valence-corrected chi connectivity index (χ1v) is 9.72. The molecule has 0 atom stereocenters. The molecule has 0 aliphatic carbocycles. The number of aliphatic carboxylic acids is 1. The number of carbonyl (C=O) groups is 2. The Labute approximate surface area is 152 Å². The fourth-order valence-corrected chi connectivity index (χ4v) is 3.56. The van der Waals surface area contributed by atoms with Crippen LogP contribution in [0.25, 0.3) is 10.8 Å². The summed E-state index contributed by atoms with van der Waals surface area (Å²) in [7, 11) is -2.13. The second-order valence-corrected chi connectivity index (χ2v) is 7.74. The van der Waals surface area contributed by atoms with E-state index in [1.165, 1.54) is 11.0 Å². The highest BCUT2D eigenvalue weighted by Gasteiger charge is 2.16. The molecule has 0 fully saturated rings. The van der Waals surface area contributed by atoms with Crippen molar-refractivity contribution in [2.24, 2.45) is 0 Å². The Hall–Kier alpha value is -2.45. The highest BCUT2D eigenvalue weighted by molar-refractivity contribution is 7.89.